The van der Waals surface area contributed by atoms with Crippen molar-refractivity contribution >= 4 is 0 Å². The van der Waals surface area contributed by atoms with Crippen molar-refractivity contribution in [1.82, 2.24) is 5.32 Å². The summed E-state index contributed by atoms with van der Waals surface area (Å²) in [5.41, 5.74) is 1.24. The van der Waals surface area contributed by atoms with Crippen LogP contribution >= 0.6 is 0 Å². The molecule has 1 N–H and O–H groups in total. The van der Waals surface area contributed by atoms with Gasteiger partial charge in [0.15, 0.2) is 0 Å². The Morgan fingerprint density at radius 1 is 1.06 bits per heavy atom. The zero-order chi connectivity index (χ0) is 13.4. The van der Waals surface area contributed by atoms with E-state index in [1.807, 2.05) is 6.07 Å². The van der Waals surface area contributed by atoms with Crippen LogP contribution in [0.3, 0.4) is 0 Å². The van der Waals surface area contributed by atoms with Crippen LogP contribution in [0.1, 0.15) is 39.7 Å². The average molecular weight is 249 g/mol. The smallest absolute Gasteiger partial charge is 0.0717 e. The minimum absolute atomic E-state index is 0.453. The normalized spacial score (nSPS) is 13.2. The first kappa shape index (κ1) is 15.2. The molecular weight excluding hydrogens is 222 g/mol. The maximum Gasteiger partial charge on any atom is 0.0717 e. The highest BCUT2D eigenvalue weighted by Gasteiger charge is 2.12. The molecule has 0 aliphatic heterocycles. The van der Waals surface area contributed by atoms with E-state index in [1.54, 1.807) is 0 Å². The molecule has 102 valence electrons. The summed E-state index contributed by atoms with van der Waals surface area (Å²) < 4.78 is 5.82. The average Bonchev–Trinajstić information content (AvgIpc) is 2.28. The van der Waals surface area contributed by atoms with E-state index in [9.17, 15) is 0 Å². The Kier molecular flexibility index (Phi) is 6.99. The number of benzene rings is 1. The van der Waals surface area contributed by atoms with Gasteiger partial charge in [-0.1, -0.05) is 58.0 Å². The second-order valence-electron chi connectivity index (χ2n) is 5.65. The van der Waals surface area contributed by atoms with Crippen molar-refractivity contribution < 1.29 is 4.74 Å². The Bertz CT molecular complexity index is 298. The molecule has 0 bridgehead atoms. The van der Waals surface area contributed by atoms with Gasteiger partial charge in [-0.25, -0.2) is 0 Å². The molecule has 0 heterocycles. The first-order chi connectivity index (χ1) is 8.58. The molecule has 18 heavy (non-hydrogen) atoms. The monoisotopic (exact) mass is 249 g/mol. The van der Waals surface area contributed by atoms with Crippen LogP contribution in [0.5, 0.6) is 0 Å². The fourth-order valence-corrected chi connectivity index (χ4v) is 2.12. The molecule has 2 heteroatoms. The lowest BCUT2D eigenvalue weighted by molar-refractivity contribution is 0.0903. The van der Waals surface area contributed by atoms with E-state index in [2.05, 4.69) is 57.3 Å². The molecule has 0 aromatic heterocycles. The lowest BCUT2D eigenvalue weighted by Gasteiger charge is -2.23. The summed E-state index contributed by atoms with van der Waals surface area (Å²) in [5.74, 6) is 0.696. The molecule has 0 aliphatic rings. The van der Waals surface area contributed by atoms with Crippen molar-refractivity contribution in [3.63, 3.8) is 0 Å². The number of ether oxygens (including phenoxy) is 1. The van der Waals surface area contributed by atoms with Crippen LogP contribution in [0, 0.1) is 5.92 Å². The van der Waals surface area contributed by atoms with Gasteiger partial charge in [-0.05, 0) is 17.9 Å². The number of hydrogen-bond donors (Lipinski definition) is 1. The van der Waals surface area contributed by atoms with Crippen LogP contribution in [0.4, 0.5) is 0 Å². The summed E-state index contributed by atoms with van der Waals surface area (Å²) >= 11 is 0. The quantitative estimate of drug-likeness (QED) is 0.760. The maximum atomic E-state index is 5.82. The largest absolute Gasteiger partial charge is 0.375 e. The van der Waals surface area contributed by atoms with Gasteiger partial charge in [0.25, 0.3) is 0 Å². The Morgan fingerprint density at radius 2 is 1.72 bits per heavy atom. The molecule has 0 amide bonds. The standard InChI is InChI=1S/C16H27NO/c1-13(2)10-16(17-14(3)4)12-18-11-15-8-6-5-7-9-15/h5-9,13-14,16-17H,10-12H2,1-4H3/t16-/m1/s1. The molecule has 1 aromatic carbocycles. The summed E-state index contributed by atoms with van der Waals surface area (Å²) in [5, 5.41) is 3.57. The molecule has 2 nitrogen and oxygen atoms in total. The van der Waals surface area contributed by atoms with Crippen LogP contribution in [0.25, 0.3) is 0 Å². The number of rotatable bonds is 8. The maximum absolute atomic E-state index is 5.82. The molecule has 0 fully saturated rings. The molecule has 1 atom stereocenters. The van der Waals surface area contributed by atoms with Crippen LogP contribution in [0.15, 0.2) is 30.3 Å². The van der Waals surface area contributed by atoms with Gasteiger partial charge in [-0.2, -0.15) is 0 Å². The summed E-state index contributed by atoms with van der Waals surface area (Å²) in [4.78, 5) is 0. The van der Waals surface area contributed by atoms with E-state index in [-0.39, 0.29) is 0 Å². The molecule has 0 radical (unpaired) electrons. The summed E-state index contributed by atoms with van der Waals surface area (Å²) in [6, 6.07) is 11.3. The lowest BCUT2D eigenvalue weighted by atomic mass is 10.0. The summed E-state index contributed by atoms with van der Waals surface area (Å²) in [6.45, 7) is 10.4. The second-order valence-corrected chi connectivity index (χ2v) is 5.65. The topological polar surface area (TPSA) is 21.3 Å². The Hall–Kier alpha value is -0.860. The third kappa shape index (κ3) is 6.77. The lowest BCUT2D eigenvalue weighted by Crippen LogP contribution is -2.39. The van der Waals surface area contributed by atoms with Gasteiger partial charge in [0, 0.05) is 12.1 Å². The molecule has 1 aromatic rings. The molecule has 0 aliphatic carbocycles. The van der Waals surface area contributed by atoms with E-state index < -0.39 is 0 Å². The van der Waals surface area contributed by atoms with Gasteiger partial charge in [-0.15, -0.1) is 0 Å². The van der Waals surface area contributed by atoms with Gasteiger partial charge in [0.2, 0.25) is 0 Å². The SMILES string of the molecule is CC(C)C[C@H](COCc1ccccc1)NC(C)C. The van der Waals surface area contributed by atoms with Crippen LogP contribution in [-0.4, -0.2) is 18.7 Å². The summed E-state index contributed by atoms with van der Waals surface area (Å²) in [6.07, 6.45) is 1.16. The van der Waals surface area contributed by atoms with Crippen molar-refractivity contribution in [3.05, 3.63) is 35.9 Å². The first-order valence-corrected chi connectivity index (χ1v) is 6.95. The molecule has 1 rings (SSSR count). The first-order valence-electron chi connectivity index (χ1n) is 6.95. The van der Waals surface area contributed by atoms with Gasteiger partial charge >= 0.3 is 0 Å². The number of nitrogens with one attached hydrogen (secondary N) is 1. The van der Waals surface area contributed by atoms with E-state index >= 15 is 0 Å². The van der Waals surface area contributed by atoms with Gasteiger partial charge in [-0.3, -0.25) is 0 Å². The highest BCUT2D eigenvalue weighted by molar-refractivity contribution is 5.13. The number of hydrogen-bond acceptors (Lipinski definition) is 2. The van der Waals surface area contributed by atoms with Gasteiger partial charge in [0.1, 0.15) is 0 Å². The van der Waals surface area contributed by atoms with Crippen LogP contribution < -0.4 is 5.32 Å². The van der Waals surface area contributed by atoms with Gasteiger partial charge in [0.05, 0.1) is 13.2 Å². The zero-order valence-corrected chi connectivity index (χ0v) is 12.1. The van der Waals surface area contributed by atoms with Gasteiger partial charge < -0.3 is 10.1 Å². The Balaban J connectivity index is 2.32. The van der Waals surface area contributed by atoms with E-state index in [0.29, 0.717) is 24.6 Å². The van der Waals surface area contributed by atoms with E-state index in [0.717, 1.165) is 13.0 Å². The zero-order valence-electron chi connectivity index (χ0n) is 12.1. The third-order valence-electron chi connectivity index (χ3n) is 2.76. The predicted molar refractivity (Wildman–Crippen MR) is 77.6 cm³/mol. The Morgan fingerprint density at radius 3 is 2.28 bits per heavy atom. The minimum Gasteiger partial charge on any atom is -0.375 e. The van der Waals surface area contributed by atoms with Crippen LogP contribution in [-0.2, 0) is 11.3 Å². The highest BCUT2D eigenvalue weighted by atomic mass is 16.5. The van der Waals surface area contributed by atoms with Crippen molar-refractivity contribution in [1.29, 1.82) is 0 Å². The molecule has 0 saturated carbocycles. The Labute approximate surface area is 112 Å². The van der Waals surface area contributed by atoms with Crippen molar-refractivity contribution in [3.8, 4) is 0 Å². The predicted octanol–water partition coefficient (Wildman–Crippen LogP) is 3.62. The van der Waals surface area contributed by atoms with Crippen molar-refractivity contribution in [2.45, 2.75) is 52.8 Å². The van der Waals surface area contributed by atoms with Crippen molar-refractivity contribution in [2.75, 3.05) is 6.61 Å². The van der Waals surface area contributed by atoms with E-state index in [1.165, 1.54) is 5.56 Å². The second kappa shape index (κ2) is 8.28. The third-order valence-corrected chi connectivity index (χ3v) is 2.76. The molecule has 0 saturated heterocycles. The van der Waals surface area contributed by atoms with Crippen molar-refractivity contribution in [2.24, 2.45) is 5.92 Å². The molecule has 0 spiro atoms. The molecular formula is C16H27NO. The molecule has 0 unspecified atom stereocenters. The van der Waals surface area contributed by atoms with Crippen LogP contribution in [0.2, 0.25) is 0 Å². The fraction of sp³-hybridized carbons (Fsp3) is 0.625. The minimum atomic E-state index is 0.453. The highest BCUT2D eigenvalue weighted by Crippen LogP contribution is 2.08. The van der Waals surface area contributed by atoms with E-state index in [4.69, 9.17) is 4.74 Å². The summed E-state index contributed by atoms with van der Waals surface area (Å²) in [7, 11) is 0. The fourth-order valence-electron chi connectivity index (χ4n) is 2.12.